The molecule has 0 saturated heterocycles. The van der Waals surface area contributed by atoms with Crippen LogP contribution in [0.15, 0.2) is 22.8 Å². The molecule has 0 saturated carbocycles. The number of rotatable bonds is 0. The predicted octanol–water partition coefficient (Wildman–Crippen LogP) is 3.20. The summed E-state index contributed by atoms with van der Waals surface area (Å²) in [6, 6.07) is 3.54. The van der Waals surface area contributed by atoms with E-state index in [1.165, 1.54) is 11.5 Å². The van der Waals surface area contributed by atoms with Crippen molar-refractivity contribution in [1.82, 2.24) is 4.37 Å². The lowest BCUT2D eigenvalue weighted by Crippen LogP contribution is -1.75. The van der Waals surface area contributed by atoms with Crippen LogP contribution in [-0.2, 0) is 0 Å². The Bertz CT molecular complexity index is 398. The fraction of sp³-hybridized carbons (Fsp3) is 0. The molecule has 56 valence electrons. The number of benzene rings is 1. The Morgan fingerprint density at radius 3 is 3.09 bits per heavy atom. The highest BCUT2D eigenvalue weighted by Crippen LogP contribution is 2.26. The van der Waals surface area contributed by atoms with E-state index in [9.17, 15) is 4.39 Å². The van der Waals surface area contributed by atoms with Crippen molar-refractivity contribution in [2.24, 2.45) is 0 Å². The second kappa shape index (κ2) is 2.53. The minimum absolute atomic E-state index is 0.226. The first kappa shape index (κ1) is 7.18. The molecule has 0 spiro atoms. The van der Waals surface area contributed by atoms with Gasteiger partial charge in [-0.2, -0.15) is 4.37 Å². The van der Waals surface area contributed by atoms with Gasteiger partial charge in [-0.3, -0.25) is 0 Å². The average molecular weight is 232 g/mol. The molecule has 0 aliphatic rings. The van der Waals surface area contributed by atoms with Crippen LogP contribution < -0.4 is 0 Å². The van der Waals surface area contributed by atoms with Gasteiger partial charge in [-0.1, -0.05) is 0 Å². The minimum atomic E-state index is -0.226. The van der Waals surface area contributed by atoms with Crippen LogP contribution in [-0.4, -0.2) is 4.37 Å². The maximum absolute atomic E-state index is 13.2. The second-order valence-electron chi connectivity index (χ2n) is 2.10. The first-order valence-corrected chi connectivity index (χ1v) is 4.54. The predicted molar refractivity (Wildman–Crippen MR) is 47.3 cm³/mol. The van der Waals surface area contributed by atoms with Gasteiger partial charge in [0.15, 0.2) is 0 Å². The summed E-state index contributed by atoms with van der Waals surface area (Å²) in [6.07, 6.45) is 1.54. The number of aromatic nitrogens is 1. The van der Waals surface area contributed by atoms with Gasteiger partial charge in [-0.15, -0.1) is 0 Å². The van der Waals surface area contributed by atoms with Crippen molar-refractivity contribution in [2.45, 2.75) is 0 Å². The molecule has 0 amide bonds. The molecule has 1 heterocycles. The van der Waals surface area contributed by atoms with Gasteiger partial charge in [0.1, 0.15) is 5.82 Å². The molecular formula is C7H3BrFNS. The lowest BCUT2D eigenvalue weighted by atomic mass is 10.3. The Labute approximate surface area is 75.1 Å². The quantitative estimate of drug-likeness (QED) is 0.679. The number of hydrogen-bond donors (Lipinski definition) is 0. The van der Waals surface area contributed by atoms with Gasteiger partial charge in [0.25, 0.3) is 0 Å². The molecular weight excluding hydrogens is 229 g/mol. The van der Waals surface area contributed by atoms with E-state index in [2.05, 4.69) is 20.3 Å². The van der Waals surface area contributed by atoms with Crippen molar-refractivity contribution in [1.29, 1.82) is 0 Å². The van der Waals surface area contributed by atoms with Gasteiger partial charge in [-0.05, 0) is 39.6 Å². The topological polar surface area (TPSA) is 12.9 Å². The van der Waals surface area contributed by atoms with Crippen molar-refractivity contribution >= 4 is 37.5 Å². The second-order valence-corrected chi connectivity index (χ2v) is 3.79. The summed E-state index contributed by atoms with van der Waals surface area (Å²) in [5.41, 5.74) is 0. The monoisotopic (exact) mass is 231 g/mol. The van der Waals surface area contributed by atoms with Crippen LogP contribution in [0.3, 0.4) is 0 Å². The fourth-order valence-electron chi connectivity index (χ4n) is 0.884. The lowest BCUT2D eigenvalue weighted by Gasteiger charge is -1.92. The third kappa shape index (κ3) is 1.06. The van der Waals surface area contributed by atoms with Crippen LogP contribution in [0.25, 0.3) is 10.1 Å². The van der Waals surface area contributed by atoms with Crippen molar-refractivity contribution in [3.63, 3.8) is 0 Å². The Hall–Kier alpha value is -0.480. The van der Waals surface area contributed by atoms with Crippen LogP contribution in [0, 0.1) is 5.82 Å². The molecule has 1 nitrogen and oxygen atoms in total. The van der Waals surface area contributed by atoms with E-state index in [1.54, 1.807) is 12.3 Å². The highest BCUT2D eigenvalue weighted by Gasteiger charge is 2.05. The highest BCUT2D eigenvalue weighted by molar-refractivity contribution is 9.10. The smallest absolute Gasteiger partial charge is 0.147 e. The zero-order valence-corrected chi connectivity index (χ0v) is 7.75. The van der Waals surface area contributed by atoms with Crippen LogP contribution in [0.1, 0.15) is 0 Å². The molecule has 2 rings (SSSR count). The molecule has 0 aliphatic heterocycles. The molecule has 4 heteroatoms. The number of nitrogens with zero attached hydrogens (tertiary/aromatic N) is 1. The fourth-order valence-corrected chi connectivity index (χ4v) is 1.87. The minimum Gasteiger partial charge on any atom is -0.205 e. The van der Waals surface area contributed by atoms with Gasteiger partial charge >= 0.3 is 0 Å². The Balaban J connectivity index is 2.93. The van der Waals surface area contributed by atoms with E-state index in [4.69, 9.17) is 0 Å². The van der Waals surface area contributed by atoms with Crippen LogP contribution in [0.2, 0.25) is 0 Å². The molecule has 0 radical (unpaired) electrons. The summed E-state index contributed by atoms with van der Waals surface area (Å²) in [6.45, 7) is 0. The van der Waals surface area contributed by atoms with E-state index in [0.29, 0.717) is 9.86 Å². The van der Waals surface area contributed by atoms with Crippen molar-refractivity contribution in [3.05, 3.63) is 28.6 Å². The molecule has 0 N–H and O–H groups in total. The zero-order chi connectivity index (χ0) is 7.84. The molecule has 11 heavy (non-hydrogen) atoms. The molecule has 0 unspecified atom stereocenters. The van der Waals surface area contributed by atoms with E-state index in [0.717, 1.165) is 4.70 Å². The summed E-state index contributed by atoms with van der Waals surface area (Å²) in [5, 5.41) is 0.587. The summed E-state index contributed by atoms with van der Waals surface area (Å²) < 4.78 is 18.4. The molecule has 0 atom stereocenters. The highest BCUT2D eigenvalue weighted by atomic mass is 79.9. The largest absolute Gasteiger partial charge is 0.205 e. The maximum Gasteiger partial charge on any atom is 0.147 e. The number of fused-ring (bicyclic) bond motifs is 1. The summed E-state index contributed by atoms with van der Waals surface area (Å²) in [4.78, 5) is 0. The number of halogens is 2. The first-order valence-electron chi connectivity index (χ1n) is 2.97. The molecule has 1 aromatic heterocycles. The van der Waals surface area contributed by atoms with Crippen LogP contribution in [0.4, 0.5) is 4.39 Å². The van der Waals surface area contributed by atoms with E-state index >= 15 is 0 Å². The normalized spacial score (nSPS) is 10.7. The van der Waals surface area contributed by atoms with E-state index < -0.39 is 0 Å². The van der Waals surface area contributed by atoms with Crippen LogP contribution in [0.5, 0.6) is 0 Å². The Morgan fingerprint density at radius 2 is 2.27 bits per heavy atom. The molecule has 1 aromatic carbocycles. The van der Waals surface area contributed by atoms with Crippen molar-refractivity contribution < 1.29 is 4.39 Å². The van der Waals surface area contributed by atoms with Gasteiger partial charge in [0.05, 0.1) is 15.4 Å². The third-order valence-corrected chi connectivity index (χ3v) is 2.80. The Morgan fingerprint density at radius 1 is 1.45 bits per heavy atom. The average Bonchev–Trinajstić information content (AvgIpc) is 2.45. The Kier molecular flexibility index (Phi) is 1.65. The SMILES string of the molecule is Fc1c(Br)ccc2sncc12. The van der Waals surface area contributed by atoms with Crippen LogP contribution >= 0.6 is 27.5 Å². The van der Waals surface area contributed by atoms with E-state index in [1.807, 2.05) is 6.07 Å². The van der Waals surface area contributed by atoms with Crippen molar-refractivity contribution in [2.75, 3.05) is 0 Å². The summed E-state index contributed by atoms with van der Waals surface area (Å²) in [7, 11) is 0. The van der Waals surface area contributed by atoms with E-state index in [-0.39, 0.29) is 5.82 Å². The van der Waals surface area contributed by atoms with Gasteiger partial charge in [-0.25, -0.2) is 4.39 Å². The third-order valence-electron chi connectivity index (χ3n) is 1.43. The number of hydrogen-bond acceptors (Lipinski definition) is 2. The van der Waals surface area contributed by atoms with Crippen molar-refractivity contribution in [3.8, 4) is 0 Å². The summed E-state index contributed by atoms with van der Waals surface area (Å²) >= 11 is 4.40. The standard InChI is InChI=1S/C7H3BrFNS/c8-5-1-2-6-4(7(5)9)3-10-11-6/h1-3H. The first-order chi connectivity index (χ1) is 5.29. The lowest BCUT2D eigenvalue weighted by molar-refractivity contribution is 0.633. The molecule has 2 aromatic rings. The van der Waals surface area contributed by atoms with Gasteiger partial charge < -0.3 is 0 Å². The summed E-state index contributed by atoms with van der Waals surface area (Å²) in [5.74, 6) is -0.226. The van der Waals surface area contributed by atoms with Gasteiger partial charge in [0, 0.05) is 5.39 Å². The molecule has 0 aliphatic carbocycles. The van der Waals surface area contributed by atoms with Gasteiger partial charge in [0.2, 0.25) is 0 Å². The zero-order valence-electron chi connectivity index (χ0n) is 5.34. The maximum atomic E-state index is 13.2. The molecule has 0 bridgehead atoms. The molecule has 0 fully saturated rings.